The van der Waals surface area contributed by atoms with E-state index in [1.807, 2.05) is 68.4 Å². The molecule has 0 aliphatic carbocycles. The summed E-state index contributed by atoms with van der Waals surface area (Å²) in [6.45, 7) is 7.92. The molecule has 2 amide bonds. The van der Waals surface area contributed by atoms with Gasteiger partial charge in [-0.25, -0.2) is 13.4 Å². The van der Waals surface area contributed by atoms with Crippen LogP contribution in [0.2, 0.25) is 0 Å². The first-order valence-corrected chi connectivity index (χ1v) is 17.6. The van der Waals surface area contributed by atoms with E-state index < -0.39 is 39.7 Å². The summed E-state index contributed by atoms with van der Waals surface area (Å²) in [6, 6.07) is 20.8. The predicted molar refractivity (Wildman–Crippen MR) is 179 cm³/mol. The Morgan fingerprint density at radius 3 is 2.24 bits per heavy atom. The second kappa shape index (κ2) is 16.1. The molecule has 1 aliphatic heterocycles. The van der Waals surface area contributed by atoms with Gasteiger partial charge in [-0.15, -0.1) is 0 Å². The Balaban J connectivity index is 1.51. The van der Waals surface area contributed by atoms with E-state index >= 15 is 0 Å². The number of sulfonamides is 1. The summed E-state index contributed by atoms with van der Waals surface area (Å²) < 4.78 is 27.6. The number of Topliss-reactive ketones (excluding diaryl/α,β-unsaturated/α-hetero) is 1. The maximum atomic E-state index is 13.9. The fourth-order valence-electron chi connectivity index (χ4n) is 5.83. The second-order valence-electron chi connectivity index (χ2n) is 12.9. The zero-order valence-electron chi connectivity index (χ0n) is 27.2. The highest BCUT2D eigenvalue weighted by Gasteiger charge is 2.34. The van der Waals surface area contributed by atoms with Crippen molar-refractivity contribution in [2.24, 2.45) is 11.8 Å². The van der Waals surface area contributed by atoms with Gasteiger partial charge in [0, 0.05) is 12.7 Å². The highest BCUT2D eigenvalue weighted by atomic mass is 32.2. The maximum absolute atomic E-state index is 13.9. The minimum atomic E-state index is -3.97. The Morgan fingerprint density at radius 1 is 0.870 bits per heavy atom. The number of aromatic nitrogens is 1. The topological polar surface area (TPSA) is 126 Å². The fraction of sp³-hybridized carbons (Fsp3) is 0.444. The minimum Gasteiger partial charge on any atom is -0.344 e. The average molecular weight is 647 g/mol. The summed E-state index contributed by atoms with van der Waals surface area (Å²) in [5.74, 6) is -1.23. The van der Waals surface area contributed by atoms with Gasteiger partial charge in [0.1, 0.15) is 6.04 Å². The van der Waals surface area contributed by atoms with Gasteiger partial charge in [-0.2, -0.15) is 4.31 Å². The van der Waals surface area contributed by atoms with Gasteiger partial charge in [0.05, 0.1) is 18.5 Å². The van der Waals surface area contributed by atoms with Crippen LogP contribution in [0.25, 0.3) is 11.1 Å². The number of carbonyl (C=O) groups is 3. The van der Waals surface area contributed by atoms with Crippen molar-refractivity contribution in [3.63, 3.8) is 0 Å². The fourth-order valence-corrected chi connectivity index (χ4v) is 7.21. The Kier molecular flexibility index (Phi) is 12.2. The highest BCUT2D eigenvalue weighted by molar-refractivity contribution is 7.89. The number of amides is 2. The largest absolute Gasteiger partial charge is 0.344 e. The Hall–Kier alpha value is -3.89. The zero-order chi connectivity index (χ0) is 33.3. The predicted octanol–water partition coefficient (Wildman–Crippen LogP) is 5.34. The molecule has 9 nitrogen and oxygen atoms in total. The molecule has 0 bridgehead atoms. The molecule has 2 N–H and O–H groups in total. The summed E-state index contributed by atoms with van der Waals surface area (Å²) >= 11 is 0. The monoisotopic (exact) mass is 646 g/mol. The van der Waals surface area contributed by atoms with Crippen molar-refractivity contribution >= 4 is 27.6 Å². The van der Waals surface area contributed by atoms with Crippen LogP contribution in [-0.4, -0.2) is 60.5 Å². The molecule has 2 heterocycles. The Morgan fingerprint density at radius 2 is 1.57 bits per heavy atom. The number of pyridine rings is 1. The first-order valence-electron chi connectivity index (χ1n) is 16.2. The molecule has 2 unspecified atom stereocenters. The normalized spacial score (nSPS) is 17.6. The number of ketones is 1. The molecule has 0 radical (unpaired) electrons. The molecule has 10 heteroatoms. The van der Waals surface area contributed by atoms with Gasteiger partial charge in [-0.05, 0) is 72.8 Å². The van der Waals surface area contributed by atoms with E-state index in [9.17, 15) is 22.8 Å². The molecule has 3 atom stereocenters. The lowest BCUT2D eigenvalue weighted by Crippen LogP contribution is -2.54. The first kappa shape index (κ1) is 35.0. The van der Waals surface area contributed by atoms with Gasteiger partial charge in [-0.3, -0.25) is 14.4 Å². The standard InChI is InChI=1S/C36H46N4O5S/c1-25(2)21-30(29-16-12-15-28(23-29)27-13-6-5-7-14-27)35(42)39-32(22-26(3)4)36(43)38-31-17-9-11-20-40(24-33(31)41)46(44,45)34-18-8-10-19-37-34/h5-8,10,12-16,18-19,23,25-26,30-32H,9,11,17,20-22,24H2,1-4H3,(H,38,43)(H,39,42)/t30?,31?,32-/m0/s1. The number of nitrogens with one attached hydrogen (secondary N) is 2. The van der Waals surface area contributed by atoms with Crippen LogP contribution in [0.1, 0.15) is 71.3 Å². The number of carbonyl (C=O) groups excluding carboxylic acids is 3. The zero-order valence-corrected chi connectivity index (χ0v) is 28.0. The molecule has 0 saturated carbocycles. The summed E-state index contributed by atoms with van der Waals surface area (Å²) in [5.41, 5.74) is 2.94. The van der Waals surface area contributed by atoms with Gasteiger partial charge in [0.2, 0.25) is 11.8 Å². The third-order valence-corrected chi connectivity index (χ3v) is 9.95. The van der Waals surface area contributed by atoms with Crippen LogP contribution in [0.3, 0.4) is 0 Å². The van der Waals surface area contributed by atoms with Gasteiger partial charge in [0.15, 0.2) is 10.8 Å². The molecule has 246 valence electrons. The van der Waals surface area contributed by atoms with Crippen LogP contribution in [0.4, 0.5) is 0 Å². The van der Waals surface area contributed by atoms with E-state index in [0.29, 0.717) is 32.1 Å². The van der Waals surface area contributed by atoms with Crippen LogP contribution in [0.15, 0.2) is 84.0 Å². The van der Waals surface area contributed by atoms with Crippen molar-refractivity contribution in [1.29, 1.82) is 0 Å². The molecule has 1 aromatic heterocycles. The van der Waals surface area contributed by atoms with E-state index in [0.717, 1.165) is 21.0 Å². The molecule has 0 spiro atoms. The number of hydrogen-bond donors (Lipinski definition) is 2. The van der Waals surface area contributed by atoms with Crippen molar-refractivity contribution in [1.82, 2.24) is 19.9 Å². The molecule has 46 heavy (non-hydrogen) atoms. The number of benzene rings is 2. The van der Waals surface area contributed by atoms with E-state index in [1.165, 1.54) is 12.3 Å². The highest BCUT2D eigenvalue weighted by Crippen LogP contribution is 2.29. The number of hydrogen-bond acceptors (Lipinski definition) is 6. The molecule has 1 saturated heterocycles. The van der Waals surface area contributed by atoms with Crippen LogP contribution < -0.4 is 10.6 Å². The third kappa shape index (κ3) is 9.33. The van der Waals surface area contributed by atoms with Crippen molar-refractivity contribution in [2.75, 3.05) is 13.1 Å². The van der Waals surface area contributed by atoms with Gasteiger partial charge in [-0.1, -0.05) is 88.4 Å². The van der Waals surface area contributed by atoms with Gasteiger partial charge in [0.25, 0.3) is 10.0 Å². The summed E-state index contributed by atoms with van der Waals surface area (Å²) in [4.78, 5) is 45.0. The van der Waals surface area contributed by atoms with Crippen LogP contribution in [-0.2, 0) is 24.4 Å². The number of nitrogens with zero attached hydrogens (tertiary/aromatic N) is 2. The van der Waals surface area contributed by atoms with E-state index in [-0.39, 0.29) is 35.9 Å². The van der Waals surface area contributed by atoms with Crippen molar-refractivity contribution in [3.8, 4) is 11.1 Å². The lowest BCUT2D eigenvalue weighted by molar-refractivity contribution is -0.132. The molecular weight excluding hydrogens is 600 g/mol. The van der Waals surface area contributed by atoms with Gasteiger partial charge < -0.3 is 10.6 Å². The maximum Gasteiger partial charge on any atom is 0.260 e. The Bertz CT molecular complexity index is 1580. The lowest BCUT2D eigenvalue weighted by atomic mass is 9.87. The quantitative estimate of drug-likeness (QED) is 0.274. The van der Waals surface area contributed by atoms with Crippen molar-refractivity contribution in [2.45, 2.75) is 82.8 Å². The molecule has 4 rings (SSSR count). The lowest BCUT2D eigenvalue weighted by Gasteiger charge is -2.29. The van der Waals surface area contributed by atoms with Crippen LogP contribution >= 0.6 is 0 Å². The van der Waals surface area contributed by atoms with E-state index in [4.69, 9.17) is 0 Å². The SMILES string of the molecule is CC(C)CC(C(=O)N[C@@H](CC(C)C)C(=O)NC1CCCCN(S(=O)(=O)c2ccccn2)CC1=O)c1cccc(-c2ccccc2)c1. The first-order chi connectivity index (χ1) is 22.0. The summed E-state index contributed by atoms with van der Waals surface area (Å²) in [7, 11) is -3.97. The van der Waals surface area contributed by atoms with Gasteiger partial charge >= 0.3 is 0 Å². The molecule has 2 aromatic carbocycles. The van der Waals surface area contributed by atoms with E-state index in [2.05, 4.69) is 29.5 Å². The molecule has 1 fully saturated rings. The molecular formula is C36H46N4O5S. The van der Waals surface area contributed by atoms with Crippen LogP contribution in [0, 0.1) is 11.8 Å². The summed E-state index contributed by atoms with van der Waals surface area (Å²) in [6.07, 6.45) is 3.87. The van der Waals surface area contributed by atoms with Crippen molar-refractivity contribution in [3.05, 3.63) is 84.6 Å². The smallest absolute Gasteiger partial charge is 0.260 e. The average Bonchev–Trinajstić information content (AvgIpc) is 3.03. The summed E-state index contributed by atoms with van der Waals surface area (Å²) in [5, 5.41) is 5.77. The van der Waals surface area contributed by atoms with Crippen LogP contribution in [0.5, 0.6) is 0 Å². The molecule has 3 aromatic rings. The Labute approximate surface area is 273 Å². The minimum absolute atomic E-state index is 0.0908. The molecule has 1 aliphatic rings. The van der Waals surface area contributed by atoms with Crippen molar-refractivity contribution < 1.29 is 22.8 Å². The number of rotatable bonds is 12. The second-order valence-corrected chi connectivity index (χ2v) is 14.8. The third-order valence-electron chi connectivity index (χ3n) is 8.19. The van der Waals surface area contributed by atoms with E-state index in [1.54, 1.807) is 12.1 Å².